The minimum Gasteiger partial charge on any atom is -0.376 e. The lowest BCUT2D eigenvalue weighted by molar-refractivity contribution is -0.143. The van der Waals surface area contributed by atoms with Crippen molar-refractivity contribution < 1.29 is 31.1 Å². The first kappa shape index (κ1) is 24.6. The highest BCUT2D eigenvalue weighted by molar-refractivity contribution is 6.00. The first-order valence-electron chi connectivity index (χ1n) is 9.56. The Morgan fingerprint density at radius 3 is 1.85 bits per heavy atom. The molecule has 0 unspecified atom stereocenters. The number of benzene rings is 2. The van der Waals surface area contributed by atoms with Crippen molar-refractivity contribution in [2.24, 2.45) is 0 Å². The van der Waals surface area contributed by atoms with Crippen molar-refractivity contribution >= 4 is 34.6 Å². The minimum atomic E-state index is -5.02. The van der Waals surface area contributed by atoms with Crippen molar-refractivity contribution in [3.8, 4) is 0 Å². The van der Waals surface area contributed by atoms with Gasteiger partial charge in [-0.25, -0.2) is 4.79 Å². The number of nitrogens with zero attached hydrogens (tertiary/aromatic N) is 3. The largest absolute Gasteiger partial charge is 0.416 e. The van der Waals surface area contributed by atoms with Crippen LogP contribution in [0.3, 0.4) is 0 Å². The number of anilines is 5. The third-order valence-electron chi connectivity index (χ3n) is 4.42. The van der Waals surface area contributed by atoms with E-state index >= 15 is 0 Å². The van der Waals surface area contributed by atoms with E-state index in [0.29, 0.717) is 23.6 Å². The summed E-state index contributed by atoms with van der Waals surface area (Å²) >= 11 is 0. The molecule has 180 valence electrons. The fraction of sp³-hybridized carbons (Fsp3) is 0.190. The highest BCUT2D eigenvalue weighted by atomic mass is 19.4. The molecule has 0 saturated carbocycles. The van der Waals surface area contributed by atoms with Gasteiger partial charge in [0.05, 0.1) is 23.0 Å². The normalized spacial score (nSPS) is 11.6. The van der Waals surface area contributed by atoms with E-state index in [0.717, 1.165) is 5.69 Å². The van der Waals surface area contributed by atoms with Crippen molar-refractivity contribution in [2.75, 3.05) is 34.9 Å². The van der Waals surface area contributed by atoms with Crippen molar-refractivity contribution in [1.29, 1.82) is 0 Å². The number of rotatable bonds is 5. The molecule has 2 amide bonds. The number of carbonyl (C=O) groups is 1. The van der Waals surface area contributed by atoms with Crippen LogP contribution in [0.2, 0.25) is 0 Å². The van der Waals surface area contributed by atoms with E-state index in [9.17, 15) is 31.1 Å². The van der Waals surface area contributed by atoms with Crippen molar-refractivity contribution in [1.82, 2.24) is 10.2 Å². The van der Waals surface area contributed by atoms with Crippen molar-refractivity contribution in [2.45, 2.75) is 12.4 Å². The number of halogens is 6. The van der Waals surface area contributed by atoms with E-state index in [2.05, 4.69) is 20.8 Å². The average molecular weight is 484 g/mol. The molecule has 0 atom stereocenters. The maximum Gasteiger partial charge on any atom is 0.416 e. The molecule has 34 heavy (non-hydrogen) atoms. The monoisotopic (exact) mass is 484 g/mol. The Balaban J connectivity index is 1.69. The van der Waals surface area contributed by atoms with Gasteiger partial charge in [0.25, 0.3) is 0 Å². The van der Waals surface area contributed by atoms with Gasteiger partial charge in [0.15, 0.2) is 5.82 Å². The molecule has 3 N–H and O–H groups in total. The van der Waals surface area contributed by atoms with Crippen molar-refractivity contribution in [3.05, 3.63) is 65.9 Å². The van der Waals surface area contributed by atoms with Crippen LogP contribution in [0.25, 0.3) is 0 Å². The van der Waals surface area contributed by atoms with Crippen LogP contribution in [0.1, 0.15) is 11.1 Å². The van der Waals surface area contributed by atoms with Gasteiger partial charge in [0, 0.05) is 37.2 Å². The topological polar surface area (TPSA) is 82.2 Å². The van der Waals surface area contributed by atoms with Gasteiger partial charge < -0.3 is 20.9 Å². The van der Waals surface area contributed by atoms with Crippen LogP contribution in [0, 0.1) is 0 Å². The van der Waals surface area contributed by atoms with Crippen LogP contribution in [0.5, 0.6) is 0 Å². The van der Waals surface area contributed by atoms with Crippen LogP contribution in [-0.2, 0) is 12.4 Å². The molecule has 3 aromatic rings. The van der Waals surface area contributed by atoms with Gasteiger partial charge in [-0.2, -0.15) is 31.4 Å². The summed E-state index contributed by atoms with van der Waals surface area (Å²) in [6.07, 6.45) is -8.46. The van der Waals surface area contributed by atoms with E-state index in [1.807, 2.05) is 24.3 Å². The van der Waals surface area contributed by atoms with Gasteiger partial charge in [-0.1, -0.05) is 0 Å². The zero-order valence-corrected chi connectivity index (χ0v) is 17.7. The SMILES string of the molecule is CN(C)c1cnnc(Nc2ccc(NC(=O)Nc3cc(C(F)(F)F)cc(C(F)(F)F)c3)cc2)c1. The maximum atomic E-state index is 13.0. The number of urea groups is 1. The van der Waals surface area contributed by atoms with E-state index in [1.54, 1.807) is 24.4 Å². The van der Waals surface area contributed by atoms with E-state index < -0.39 is 35.2 Å². The summed E-state index contributed by atoms with van der Waals surface area (Å²) in [5.41, 5.74) is -2.06. The third kappa shape index (κ3) is 6.49. The number of nitrogens with one attached hydrogen (secondary N) is 3. The summed E-state index contributed by atoms with van der Waals surface area (Å²) in [6, 6.07) is 7.71. The number of alkyl halides is 6. The Bertz CT molecular complexity index is 1130. The fourth-order valence-corrected chi connectivity index (χ4v) is 2.77. The lowest BCUT2D eigenvalue weighted by Crippen LogP contribution is -2.20. The highest BCUT2D eigenvalue weighted by Gasteiger charge is 2.37. The molecule has 7 nitrogen and oxygen atoms in total. The molecule has 13 heteroatoms. The number of carbonyl (C=O) groups excluding carboxylic acids is 1. The van der Waals surface area contributed by atoms with Crippen molar-refractivity contribution in [3.63, 3.8) is 0 Å². The first-order valence-corrected chi connectivity index (χ1v) is 9.56. The number of hydrogen-bond acceptors (Lipinski definition) is 5. The Kier molecular flexibility index (Phi) is 6.84. The van der Waals surface area contributed by atoms with Crippen LogP contribution in [0.15, 0.2) is 54.7 Å². The van der Waals surface area contributed by atoms with Gasteiger partial charge in [-0.05, 0) is 42.5 Å². The maximum absolute atomic E-state index is 13.0. The highest BCUT2D eigenvalue weighted by Crippen LogP contribution is 2.37. The average Bonchev–Trinajstić information content (AvgIpc) is 2.74. The van der Waals surface area contributed by atoms with E-state index in [4.69, 9.17) is 0 Å². The summed E-state index contributed by atoms with van der Waals surface area (Å²) in [7, 11) is 3.69. The summed E-state index contributed by atoms with van der Waals surface area (Å²) in [5.74, 6) is 0.467. The number of aromatic nitrogens is 2. The fourth-order valence-electron chi connectivity index (χ4n) is 2.77. The quantitative estimate of drug-likeness (QED) is 0.389. The first-order chi connectivity index (χ1) is 15.8. The van der Waals surface area contributed by atoms with E-state index in [1.165, 1.54) is 12.1 Å². The second kappa shape index (κ2) is 9.45. The predicted molar refractivity (Wildman–Crippen MR) is 115 cm³/mol. The predicted octanol–water partition coefficient (Wildman–Crippen LogP) is 5.97. The number of hydrogen-bond donors (Lipinski definition) is 3. The summed E-state index contributed by atoms with van der Waals surface area (Å²) in [6.45, 7) is 0. The molecule has 0 spiro atoms. The Hall–Kier alpha value is -4.03. The minimum absolute atomic E-state index is 0.0204. The molecule has 1 aromatic heterocycles. The van der Waals surface area contributed by atoms with E-state index in [-0.39, 0.29) is 11.8 Å². The summed E-state index contributed by atoms with van der Waals surface area (Å²) in [5, 5.41) is 15.2. The molecular formula is C21H18F6N6O. The van der Waals surface area contributed by atoms with Crippen LogP contribution in [0.4, 0.5) is 59.7 Å². The summed E-state index contributed by atoms with van der Waals surface area (Å²) in [4.78, 5) is 14.0. The molecular weight excluding hydrogens is 466 g/mol. The van der Waals surface area contributed by atoms with Gasteiger partial charge >= 0.3 is 18.4 Å². The number of amides is 2. The molecule has 1 heterocycles. The van der Waals surface area contributed by atoms with Gasteiger partial charge in [0.2, 0.25) is 0 Å². The van der Waals surface area contributed by atoms with Gasteiger partial charge in [0.1, 0.15) is 0 Å². The Labute approximate surface area is 189 Å². The molecule has 0 aliphatic heterocycles. The zero-order valence-electron chi connectivity index (χ0n) is 17.7. The molecule has 3 rings (SSSR count). The summed E-state index contributed by atoms with van der Waals surface area (Å²) < 4.78 is 77.8. The molecule has 0 saturated heterocycles. The second-order valence-corrected chi connectivity index (χ2v) is 7.27. The molecule has 0 radical (unpaired) electrons. The second-order valence-electron chi connectivity index (χ2n) is 7.27. The molecule has 0 aliphatic carbocycles. The van der Waals surface area contributed by atoms with Gasteiger partial charge in [-0.3, -0.25) is 0 Å². The standard InChI is InChI=1S/C21H18F6N6O/c1-33(2)17-10-18(32-28-11-17)29-14-3-5-15(6-4-14)30-19(34)31-16-8-12(20(22,23)24)7-13(9-16)21(25,26)27/h3-11H,1-2H3,(H,29,32)(H2,30,31,34). The van der Waals surface area contributed by atoms with Crippen LogP contribution < -0.4 is 20.9 Å². The van der Waals surface area contributed by atoms with Gasteiger partial charge in [-0.15, -0.1) is 5.10 Å². The lowest BCUT2D eigenvalue weighted by atomic mass is 10.1. The zero-order chi connectivity index (χ0) is 25.1. The Morgan fingerprint density at radius 1 is 0.794 bits per heavy atom. The molecule has 0 bridgehead atoms. The van der Waals surface area contributed by atoms with Crippen LogP contribution in [-0.4, -0.2) is 30.3 Å². The smallest absolute Gasteiger partial charge is 0.376 e. The molecule has 0 fully saturated rings. The third-order valence-corrected chi connectivity index (χ3v) is 4.42. The molecule has 2 aromatic carbocycles. The van der Waals surface area contributed by atoms with Crippen LogP contribution >= 0.6 is 0 Å². The Morgan fingerprint density at radius 2 is 1.32 bits per heavy atom. The molecule has 0 aliphatic rings. The lowest BCUT2D eigenvalue weighted by Gasteiger charge is -2.15.